The van der Waals surface area contributed by atoms with Crippen molar-refractivity contribution in [2.24, 2.45) is 5.92 Å². The van der Waals surface area contributed by atoms with Crippen molar-refractivity contribution in [2.75, 3.05) is 0 Å². The van der Waals surface area contributed by atoms with E-state index in [0.29, 0.717) is 5.82 Å². The molecule has 1 heterocycles. The van der Waals surface area contributed by atoms with Crippen molar-refractivity contribution in [3.8, 4) is 11.4 Å². The van der Waals surface area contributed by atoms with Crippen LogP contribution in [-0.4, -0.2) is 9.97 Å². The molecule has 0 N–H and O–H groups in total. The second-order valence-electron chi connectivity index (χ2n) is 5.57. The molecule has 0 saturated carbocycles. The molecule has 1 aliphatic rings. The summed E-state index contributed by atoms with van der Waals surface area (Å²) < 4.78 is 13.0. The van der Waals surface area contributed by atoms with Crippen LogP contribution in [0.25, 0.3) is 11.4 Å². The molecule has 1 aromatic heterocycles. The maximum absolute atomic E-state index is 13.0. The zero-order valence-corrected chi connectivity index (χ0v) is 11.8. The van der Waals surface area contributed by atoms with Crippen molar-refractivity contribution in [3.63, 3.8) is 0 Å². The van der Waals surface area contributed by atoms with Crippen LogP contribution in [0.1, 0.15) is 37.4 Å². The highest BCUT2D eigenvalue weighted by molar-refractivity contribution is 5.55. The molecule has 3 rings (SSSR count). The quantitative estimate of drug-likeness (QED) is 0.835. The third-order valence-electron chi connectivity index (χ3n) is 4.05. The van der Waals surface area contributed by atoms with Gasteiger partial charge in [0.15, 0.2) is 5.82 Å². The van der Waals surface area contributed by atoms with Gasteiger partial charge in [0.2, 0.25) is 0 Å². The first kappa shape index (κ1) is 13.2. The smallest absolute Gasteiger partial charge is 0.159 e. The Bertz CT molecular complexity index is 592. The van der Waals surface area contributed by atoms with E-state index in [1.165, 1.54) is 42.7 Å². The molecule has 0 radical (unpaired) electrons. The molecule has 20 heavy (non-hydrogen) atoms. The minimum Gasteiger partial charge on any atom is -0.236 e. The maximum Gasteiger partial charge on any atom is 0.159 e. The maximum atomic E-state index is 13.0. The Morgan fingerprint density at radius 3 is 2.80 bits per heavy atom. The van der Waals surface area contributed by atoms with E-state index < -0.39 is 0 Å². The first-order valence-electron chi connectivity index (χ1n) is 7.37. The lowest BCUT2D eigenvalue weighted by atomic mass is 9.84. The van der Waals surface area contributed by atoms with Gasteiger partial charge in [0, 0.05) is 17.5 Å². The summed E-state index contributed by atoms with van der Waals surface area (Å²) in [6.45, 7) is 2.24. The van der Waals surface area contributed by atoms with E-state index in [4.69, 9.17) is 0 Å². The minimum absolute atomic E-state index is 0.228. The lowest BCUT2D eigenvalue weighted by molar-refractivity contribution is 0.417. The summed E-state index contributed by atoms with van der Waals surface area (Å²) in [6, 6.07) is 6.38. The standard InChI is InChI=1S/C17H19FN2/c1-2-3-12-4-9-16-14(10-12)11-19-17(20-16)13-5-7-15(18)8-6-13/h5-8,11-12H,2-4,9-10H2,1H3. The highest BCUT2D eigenvalue weighted by Crippen LogP contribution is 2.28. The second kappa shape index (κ2) is 5.70. The summed E-state index contributed by atoms with van der Waals surface area (Å²) in [6.07, 6.45) is 7.86. The summed E-state index contributed by atoms with van der Waals surface area (Å²) in [5.74, 6) is 1.26. The van der Waals surface area contributed by atoms with Gasteiger partial charge in [0.25, 0.3) is 0 Å². The molecule has 0 amide bonds. The van der Waals surface area contributed by atoms with Gasteiger partial charge in [-0.3, -0.25) is 0 Å². The Morgan fingerprint density at radius 2 is 2.05 bits per heavy atom. The van der Waals surface area contributed by atoms with Crippen LogP contribution in [0.4, 0.5) is 4.39 Å². The van der Waals surface area contributed by atoms with E-state index in [1.807, 2.05) is 6.20 Å². The zero-order valence-electron chi connectivity index (χ0n) is 11.8. The summed E-state index contributed by atoms with van der Waals surface area (Å²) in [7, 11) is 0. The molecule has 0 spiro atoms. The molecule has 2 nitrogen and oxygen atoms in total. The summed E-state index contributed by atoms with van der Waals surface area (Å²) in [4.78, 5) is 9.13. The lowest BCUT2D eigenvalue weighted by Gasteiger charge is -2.23. The summed E-state index contributed by atoms with van der Waals surface area (Å²) in [5, 5.41) is 0. The van der Waals surface area contributed by atoms with Crippen molar-refractivity contribution in [2.45, 2.75) is 39.0 Å². The number of hydrogen-bond donors (Lipinski definition) is 0. The molecular weight excluding hydrogens is 251 g/mol. The van der Waals surface area contributed by atoms with Crippen LogP contribution in [0, 0.1) is 11.7 Å². The highest BCUT2D eigenvalue weighted by atomic mass is 19.1. The molecule has 1 unspecified atom stereocenters. The van der Waals surface area contributed by atoms with Gasteiger partial charge < -0.3 is 0 Å². The average molecular weight is 270 g/mol. The van der Waals surface area contributed by atoms with Gasteiger partial charge in [-0.1, -0.05) is 19.8 Å². The van der Waals surface area contributed by atoms with Crippen LogP contribution in [-0.2, 0) is 12.8 Å². The van der Waals surface area contributed by atoms with Crippen LogP contribution < -0.4 is 0 Å². The highest BCUT2D eigenvalue weighted by Gasteiger charge is 2.20. The van der Waals surface area contributed by atoms with Crippen molar-refractivity contribution >= 4 is 0 Å². The number of hydrogen-bond acceptors (Lipinski definition) is 2. The molecular formula is C17H19FN2. The van der Waals surface area contributed by atoms with Crippen LogP contribution in [0.2, 0.25) is 0 Å². The predicted octanol–water partition coefficient (Wildman–Crippen LogP) is 4.19. The number of nitrogens with zero attached hydrogens (tertiary/aromatic N) is 2. The fourth-order valence-electron chi connectivity index (χ4n) is 2.98. The number of benzene rings is 1. The van der Waals surface area contributed by atoms with Gasteiger partial charge in [0.1, 0.15) is 5.82 Å². The third-order valence-corrected chi connectivity index (χ3v) is 4.05. The first-order valence-corrected chi connectivity index (χ1v) is 7.37. The Balaban J connectivity index is 1.85. The number of aromatic nitrogens is 2. The number of aryl methyl sites for hydroxylation is 1. The van der Waals surface area contributed by atoms with E-state index in [1.54, 1.807) is 12.1 Å². The van der Waals surface area contributed by atoms with Gasteiger partial charge in [-0.25, -0.2) is 14.4 Å². The molecule has 0 aliphatic heterocycles. The largest absolute Gasteiger partial charge is 0.236 e. The Morgan fingerprint density at radius 1 is 1.25 bits per heavy atom. The molecule has 104 valence electrons. The summed E-state index contributed by atoms with van der Waals surface area (Å²) >= 11 is 0. The van der Waals surface area contributed by atoms with Crippen LogP contribution in [0.5, 0.6) is 0 Å². The lowest BCUT2D eigenvalue weighted by Crippen LogP contribution is -2.16. The predicted molar refractivity (Wildman–Crippen MR) is 77.8 cm³/mol. The van der Waals surface area contributed by atoms with E-state index in [-0.39, 0.29) is 5.82 Å². The van der Waals surface area contributed by atoms with Crippen molar-refractivity contribution in [3.05, 3.63) is 47.5 Å². The molecule has 0 saturated heterocycles. The average Bonchev–Trinajstić information content (AvgIpc) is 2.48. The van der Waals surface area contributed by atoms with Gasteiger partial charge in [0.05, 0.1) is 0 Å². The van der Waals surface area contributed by atoms with Crippen molar-refractivity contribution in [1.82, 2.24) is 9.97 Å². The van der Waals surface area contributed by atoms with E-state index in [2.05, 4.69) is 16.9 Å². The molecule has 0 bridgehead atoms. The minimum atomic E-state index is -0.228. The van der Waals surface area contributed by atoms with Gasteiger partial charge in [-0.2, -0.15) is 0 Å². The van der Waals surface area contributed by atoms with Crippen molar-refractivity contribution in [1.29, 1.82) is 0 Å². The molecule has 1 aliphatic carbocycles. The molecule has 3 heteroatoms. The topological polar surface area (TPSA) is 25.8 Å². The fraction of sp³-hybridized carbons (Fsp3) is 0.412. The van der Waals surface area contributed by atoms with Gasteiger partial charge in [-0.15, -0.1) is 0 Å². The van der Waals surface area contributed by atoms with E-state index >= 15 is 0 Å². The van der Waals surface area contributed by atoms with E-state index in [0.717, 1.165) is 24.3 Å². The normalized spacial score (nSPS) is 17.8. The number of rotatable bonds is 3. The monoisotopic (exact) mass is 270 g/mol. The van der Waals surface area contributed by atoms with Crippen LogP contribution >= 0.6 is 0 Å². The molecule has 1 aromatic carbocycles. The Kier molecular flexibility index (Phi) is 3.77. The first-order chi connectivity index (χ1) is 9.76. The molecule has 0 fully saturated rings. The number of halogens is 1. The summed E-state index contributed by atoms with van der Waals surface area (Å²) in [5.41, 5.74) is 3.34. The second-order valence-corrected chi connectivity index (χ2v) is 5.57. The molecule has 1 atom stereocenters. The number of fused-ring (bicyclic) bond motifs is 1. The zero-order chi connectivity index (χ0) is 13.9. The fourth-order valence-corrected chi connectivity index (χ4v) is 2.98. The SMILES string of the molecule is CCCC1CCc2nc(-c3ccc(F)cc3)ncc2C1. The van der Waals surface area contributed by atoms with Crippen LogP contribution in [0.3, 0.4) is 0 Å². The van der Waals surface area contributed by atoms with Crippen molar-refractivity contribution < 1.29 is 4.39 Å². The Hall–Kier alpha value is -1.77. The Labute approximate surface area is 119 Å². The third kappa shape index (κ3) is 2.72. The van der Waals surface area contributed by atoms with E-state index in [9.17, 15) is 4.39 Å². The van der Waals surface area contributed by atoms with Gasteiger partial charge >= 0.3 is 0 Å². The van der Waals surface area contributed by atoms with Crippen LogP contribution in [0.15, 0.2) is 30.5 Å². The van der Waals surface area contributed by atoms with Gasteiger partial charge in [-0.05, 0) is 55.0 Å². The molecule has 2 aromatic rings.